The van der Waals surface area contributed by atoms with Crippen molar-refractivity contribution in [2.75, 3.05) is 12.3 Å². The van der Waals surface area contributed by atoms with Crippen LogP contribution in [0.25, 0.3) is 10.9 Å². The van der Waals surface area contributed by atoms with Crippen LogP contribution in [0.1, 0.15) is 84.9 Å². The Morgan fingerprint density at radius 1 is 1.09 bits per heavy atom. The molecule has 1 saturated heterocycles. The first-order valence-corrected chi connectivity index (χ1v) is 19.4. The molecule has 3 aliphatic rings. The zero-order valence-corrected chi connectivity index (χ0v) is 31.9. The second-order valence-corrected chi connectivity index (χ2v) is 18.9. The number of fused-ring (bicyclic) bond motifs is 1. The summed E-state index contributed by atoms with van der Waals surface area (Å²) in [7, 11) is -3.72. The quantitative estimate of drug-likeness (QED) is 0.218. The number of hydrogen-bond donors (Lipinski definition) is 1. The molecular weight excluding hydrogens is 715 g/mol. The molecular formula is C38H48F3N3O8S. The fraction of sp³-hybridized carbons (Fsp3) is 0.605. The van der Waals surface area contributed by atoms with Gasteiger partial charge in [-0.1, -0.05) is 38.5 Å². The minimum atomic E-state index is -4.79. The van der Waals surface area contributed by atoms with Crippen molar-refractivity contribution in [3.63, 3.8) is 0 Å². The lowest BCUT2D eigenvalue weighted by Gasteiger charge is -2.35. The maximum absolute atomic E-state index is 14.5. The molecule has 11 nitrogen and oxygen atoms in total. The summed E-state index contributed by atoms with van der Waals surface area (Å²) in [4.78, 5) is 60.4. The van der Waals surface area contributed by atoms with Gasteiger partial charge in [-0.15, -0.1) is 6.58 Å². The smallest absolute Gasteiger partial charge is 0.433 e. The summed E-state index contributed by atoms with van der Waals surface area (Å²) in [6.45, 7) is 15.6. The molecule has 2 aromatic rings. The molecule has 1 aromatic carbocycles. The fourth-order valence-electron chi connectivity index (χ4n) is 6.89. The Balaban J connectivity index is 1.50. The van der Waals surface area contributed by atoms with Gasteiger partial charge < -0.3 is 19.7 Å². The molecule has 0 unspecified atom stereocenters. The van der Waals surface area contributed by atoms with Gasteiger partial charge >= 0.3 is 12.1 Å². The van der Waals surface area contributed by atoms with E-state index in [1.54, 1.807) is 60.6 Å². The van der Waals surface area contributed by atoms with Gasteiger partial charge in [0.2, 0.25) is 11.8 Å². The number of carbonyl (C=O) groups excluding carboxylic acids is 4. The van der Waals surface area contributed by atoms with E-state index in [0.29, 0.717) is 18.2 Å². The summed E-state index contributed by atoms with van der Waals surface area (Å²) in [6.07, 6.45) is -3.77. The van der Waals surface area contributed by atoms with E-state index < -0.39 is 96.8 Å². The first kappa shape index (κ1) is 40.2. The van der Waals surface area contributed by atoms with Gasteiger partial charge in [0, 0.05) is 23.8 Å². The number of alkyl halides is 3. The molecule has 2 heterocycles. The highest BCUT2D eigenvalue weighted by Crippen LogP contribution is 2.47. The number of sulfone groups is 1. The molecule has 3 fully saturated rings. The Morgan fingerprint density at radius 3 is 2.30 bits per heavy atom. The monoisotopic (exact) mass is 763 g/mol. The average Bonchev–Trinajstić information content (AvgIpc) is 3.94. The highest BCUT2D eigenvalue weighted by Gasteiger charge is 2.61. The summed E-state index contributed by atoms with van der Waals surface area (Å²) in [5.41, 5.74) is -3.60. The van der Waals surface area contributed by atoms with E-state index in [1.165, 1.54) is 17.0 Å². The predicted octanol–water partition coefficient (Wildman–Crippen LogP) is 5.51. The second-order valence-electron chi connectivity index (χ2n) is 16.7. The van der Waals surface area contributed by atoms with Crippen LogP contribution in [-0.2, 0) is 39.9 Å². The van der Waals surface area contributed by atoms with Gasteiger partial charge in [-0.25, -0.2) is 13.4 Å². The number of halogens is 3. The van der Waals surface area contributed by atoms with Crippen molar-refractivity contribution in [1.82, 2.24) is 15.2 Å². The van der Waals surface area contributed by atoms with Gasteiger partial charge in [0.25, 0.3) is 0 Å². The van der Waals surface area contributed by atoms with E-state index in [9.17, 15) is 40.8 Å². The van der Waals surface area contributed by atoms with Gasteiger partial charge in [-0.05, 0) is 64.5 Å². The number of nitrogens with zero attached hydrogens (tertiary/aromatic N) is 2. The van der Waals surface area contributed by atoms with E-state index >= 15 is 0 Å². The fourth-order valence-corrected chi connectivity index (χ4v) is 8.60. The average molecular weight is 764 g/mol. The van der Waals surface area contributed by atoms with Gasteiger partial charge in [0.15, 0.2) is 15.6 Å². The second kappa shape index (κ2) is 14.0. The molecule has 290 valence electrons. The Labute approximate surface area is 308 Å². The number of Topliss-reactive ketones (excluding diaryl/α,β-unsaturated/α-hetero) is 1. The SMILES string of the molecule is C=C[C@@H]1C[C@]1(NC(=O)[C@@H]1C[C@@H](Oc2cc(C(F)(F)F)nc3ccc(C)cc23)CN1C(=O)[C@@H](CC(=O)OC(C)(C)C)C(C)(C)C)C(=O)CS(=O)(=O)C1CC1. The molecule has 0 bridgehead atoms. The molecule has 1 aliphatic heterocycles. The molecule has 0 spiro atoms. The lowest BCUT2D eigenvalue weighted by molar-refractivity contribution is -0.161. The number of esters is 1. The molecule has 15 heteroatoms. The lowest BCUT2D eigenvalue weighted by atomic mass is 9.77. The molecule has 2 saturated carbocycles. The maximum atomic E-state index is 14.5. The first-order valence-electron chi connectivity index (χ1n) is 17.7. The van der Waals surface area contributed by atoms with Crippen LogP contribution in [0.4, 0.5) is 13.2 Å². The van der Waals surface area contributed by atoms with Crippen LogP contribution in [0, 0.1) is 24.2 Å². The molecule has 2 amide bonds. The van der Waals surface area contributed by atoms with E-state index in [1.807, 2.05) is 0 Å². The summed E-state index contributed by atoms with van der Waals surface area (Å²) in [6, 6.07) is 4.19. The Bertz CT molecular complexity index is 1930. The van der Waals surface area contributed by atoms with E-state index in [4.69, 9.17) is 9.47 Å². The maximum Gasteiger partial charge on any atom is 0.433 e. The topological polar surface area (TPSA) is 149 Å². The number of aryl methyl sites for hydroxylation is 1. The Kier molecular flexibility index (Phi) is 10.6. The number of rotatable bonds is 12. The minimum Gasteiger partial charge on any atom is -0.488 e. The number of pyridine rings is 1. The van der Waals surface area contributed by atoms with Crippen LogP contribution < -0.4 is 10.1 Å². The van der Waals surface area contributed by atoms with Crippen molar-refractivity contribution in [1.29, 1.82) is 0 Å². The van der Waals surface area contributed by atoms with Crippen LogP contribution in [-0.4, -0.2) is 82.7 Å². The van der Waals surface area contributed by atoms with E-state index in [-0.39, 0.29) is 37.1 Å². The summed E-state index contributed by atoms with van der Waals surface area (Å²) < 4.78 is 79.1. The zero-order chi connectivity index (χ0) is 39.5. The third kappa shape index (κ3) is 9.04. The molecule has 53 heavy (non-hydrogen) atoms. The number of ether oxygens (including phenoxy) is 2. The van der Waals surface area contributed by atoms with Crippen LogP contribution >= 0.6 is 0 Å². The highest BCUT2D eigenvalue weighted by atomic mass is 32.2. The number of carbonyl (C=O) groups is 4. The standard InChI is InChI=1S/C38H48F3N3O8S/c1-9-22-18-37(22,31(45)20-53(49,50)24-11-12-24)43-33(47)28-15-23(19-44(28)34(48)26(35(3,4)5)16-32(46)52-36(6,7)8)51-29-17-30(38(39,40)41)42-27-13-10-21(2)14-25(27)29/h9-10,13-14,17,22-24,26,28H,1,11-12,15-16,18-20H2,2-8H3,(H,43,47)/t22-,23-,26-,28+,37-/m1/s1. The molecule has 2 aliphatic carbocycles. The third-order valence-corrected chi connectivity index (χ3v) is 12.2. The predicted molar refractivity (Wildman–Crippen MR) is 190 cm³/mol. The van der Waals surface area contributed by atoms with Crippen LogP contribution in [0.3, 0.4) is 0 Å². The number of likely N-dealkylation sites (tertiary alicyclic amines) is 1. The van der Waals surface area contributed by atoms with Crippen molar-refractivity contribution in [2.24, 2.45) is 17.3 Å². The van der Waals surface area contributed by atoms with Crippen LogP contribution in [0.5, 0.6) is 5.75 Å². The molecule has 1 N–H and O–H groups in total. The first-order chi connectivity index (χ1) is 24.3. The largest absolute Gasteiger partial charge is 0.488 e. The lowest BCUT2D eigenvalue weighted by Crippen LogP contribution is -2.55. The Hall–Kier alpha value is -4.01. The molecule has 0 radical (unpaired) electrons. The summed E-state index contributed by atoms with van der Waals surface area (Å²) >= 11 is 0. The summed E-state index contributed by atoms with van der Waals surface area (Å²) in [5, 5.41) is 2.46. The number of benzene rings is 1. The Morgan fingerprint density at radius 2 is 1.75 bits per heavy atom. The van der Waals surface area contributed by atoms with E-state index in [2.05, 4.69) is 16.9 Å². The third-order valence-electron chi connectivity index (χ3n) is 10.0. The van der Waals surface area contributed by atoms with Crippen molar-refractivity contribution in [3.05, 3.63) is 48.2 Å². The highest BCUT2D eigenvalue weighted by molar-refractivity contribution is 7.93. The van der Waals surface area contributed by atoms with Gasteiger partial charge in [0.05, 0.1) is 29.7 Å². The van der Waals surface area contributed by atoms with Crippen molar-refractivity contribution in [3.8, 4) is 5.75 Å². The van der Waals surface area contributed by atoms with Crippen LogP contribution in [0.2, 0.25) is 0 Å². The minimum absolute atomic E-state index is 0.0385. The number of amides is 2. The van der Waals surface area contributed by atoms with Crippen LogP contribution in [0.15, 0.2) is 36.9 Å². The molecule has 5 rings (SSSR count). The summed E-state index contributed by atoms with van der Waals surface area (Å²) in [5.74, 6) is -5.10. The number of nitrogens with one attached hydrogen (secondary N) is 1. The van der Waals surface area contributed by atoms with E-state index in [0.717, 1.165) is 11.6 Å². The molecule has 1 aromatic heterocycles. The number of ketones is 1. The normalized spacial score (nSPS) is 24.0. The van der Waals surface area contributed by atoms with Crippen molar-refractivity contribution in [2.45, 2.75) is 115 Å². The van der Waals surface area contributed by atoms with Crippen molar-refractivity contribution < 1.29 is 50.2 Å². The number of hydrogen-bond acceptors (Lipinski definition) is 9. The van der Waals surface area contributed by atoms with Gasteiger partial charge in [0.1, 0.15) is 40.5 Å². The van der Waals surface area contributed by atoms with Gasteiger partial charge in [-0.3, -0.25) is 19.2 Å². The van der Waals surface area contributed by atoms with Crippen molar-refractivity contribution >= 4 is 44.3 Å². The molecule has 5 atom stereocenters. The zero-order valence-electron chi connectivity index (χ0n) is 31.1. The van der Waals surface area contributed by atoms with Gasteiger partial charge in [-0.2, -0.15) is 13.2 Å². The number of aromatic nitrogens is 1.